The van der Waals surface area contributed by atoms with E-state index in [4.69, 9.17) is 4.42 Å². The number of hydrogen-bond acceptors (Lipinski definition) is 6. The van der Waals surface area contributed by atoms with Gasteiger partial charge in [-0.3, -0.25) is 9.00 Å². The molecule has 1 atom stereocenters. The number of oxazole rings is 1. The fourth-order valence-corrected chi connectivity index (χ4v) is 3.39. The molecule has 19 heavy (non-hydrogen) atoms. The van der Waals surface area contributed by atoms with Gasteiger partial charge in [0.1, 0.15) is 15.7 Å². The molecule has 0 aliphatic heterocycles. The summed E-state index contributed by atoms with van der Waals surface area (Å²) in [4.78, 5) is 18.9. The lowest BCUT2D eigenvalue weighted by atomic mass is 10.4. The second-order valence-electron chi connectivity index (χ2n) is 3.73. The topological polar surface area (TPSA) is 85.1 Å². The Hall–Kier alpha value is -1.54. The van der Waals surface area contributed by atoms with Gasteiger partial charge >= 0.3 is 0 Å². The first kappa shape index (κ1) is 13.9. The Morgan fingerprint density at radius 2 is 2.26 bits per heavy atom. The van der Waals surface area contributed by atoms with Gasteiger partial charge in [-0.05, 0) is 0 Å². The number of aromatic nitrogens is 2. The van der Waals surface area contributed by atoms with E-state index in [2.05, 4.69) is 15.3 Å². The highest BCUT2D eigenvalue weighted by atomic mass is 32.2. The van der Waals surface area contributed by atoms with Crippen LogP contribution >= 0.6 is 11.3 Å². The highest BCUT2D eigenvalue weighted by Gasteiger charge is 2.13. The number of nitrogens with zero attached hydrogens (tertiary/aromatic N) is 2. The van der Waals surface area contributed by atoms with Crippen molar-refractivity contribution in [2.75, 3.05) is 5.32 Å². The minimum atomic E-state index is -1.27. The van der Waals surface area contributed by atoms with Crippen LogP contribution < -0.4 is 5.32 Å². The Balaban J connectivity index is 2.03. The molecule has 2 rings (SSSR count). The molecule has 0 bridgehead atoms. The summed E-state index contributed by atoms with van der Waals surface area (Å²) in [6.45, 7) is 3.36. The molecule has 0 radical (unpaired) electrons. The maximum Gasteiger partial charge on any atom is 0.223 e. The van der Waals surface area contributed by atoms with Crippen LogP contribution in [0.4, 0.5) is 5.13 Å². The van der Waals surface area contributed by atoms with Gasteiger partial charge in [-0.25, -0.2) is 9.97 Å². The molecule has 8 heteroatoms. The lowest BCUT2D eigenvalue weighted by Gasteiger charge is -1.95. The fourth-order valence-electron chi connectivity index (χ4n) is 1.33. The third-order valence-electron chi connectivity index (χ3n) is 2.20. The highest BCUT2D eigenvalue weighted by Crippen LogP contribution is 2.23. The fraction of sp³-hybridized carbons (Fsp3) is 0.364. The average molecular weight is 299 g/mol. The van der Waals surface area contributed by atoms with Gasteiger partial charge in [-0.1, -0.05) is 18.3 Å². The second-order valence-corrected chi connectivity index (χ2v) is 6.44. The third-order valence-corrected chi connectivity index (χ3v) is 4.77. The minimum Gasteiger partial charge on any atom is -0.445 e. The predicted molar refractivity (Wildman–Crippen MR) is 72.4 cm³/mol. The van der Waals surface area contributed by atoms with Gasteiger partial charge in [-0.2, -0.15) is 0 Å². The molecule has 1 unspecified atom stereocenters. The molecular weight excluding hydrogens is 286 g/mol. The van der Waals surface area contributed by atoms with E-state index in [1.807, 2.05) is 6.92 Å². The van der Waals surface area contributed by atoms with Crippen LogP contribution in [0.1, 0.15) is 25.5 Å². The summed E-state index contributed by atoms with van der Waals surface area (Å²) < 4.78 is 18.1. The summed E-state index contributed by atoms with van der Waals surface area (Å²) in [5.41, 5.74) is 0. The molecule has 0 spiro atoms. The zero-order chi connectivity index (χ0) is 13.8. The predicted octanol–water partition coefficient (Wildman–Crippen LogP) is 1.96. The molecule has 2 aromatic rings. The SMILES string of the molecule is CCc1cnc(CS(=O)c2cnc(NC(C)=O)s2)o1. The Labute approximate surface area is 116 Å². The van der Waals surface area contributed by atoms with E-state index >= 15 is 0 Å². The van der Waals surface area contributed by atoms with Crippen LogP contribution in [0.3, 0.4) is 0 Å². The van der Waals surface area contributed by atoms with Crippen molar-refractivity contribution in [2.45, 2.75) is 30.2 Å². The summed E-state index contributed by atoms with van der Waals surface area (Å²) in [6, 6.07) is 0. The minimum absolute atomic E-state index is 0.202. The van der Waals surface area contributed by atoms with E-state index in [0.717, 1.165) is 12.2 Å². The molecule has 0 aromatic carbocycles. The summed E-state index contributed by atoms with van der Waals surface area (Å²) in [6.07, 6.45) is 3.89. The molecule has 6 nitrogen and oxygen atoms in total. The van der Waals surface area contributed by atoms with Crippen molar-refractivity contribution in [3.63, 3.8) is 0 Å². The number of thiazole rings is 1. The van der Waals surface area contributed by atoms with Crippen molar-refractivity contribution in [1.82, 2.24) is 9.97 Å². The number of nitrogens with one attached hydrogen (secondary N) is 1. The van der Waals surface area contributed by atoms with Crippen molar-refractivity contribution in [2.24, 2.45) is 0 Å². The second kappa shape index (κ2) is 6.07. The van der Waals surface area contributed by atoms with Crippen molar-refractivity contribution in [1.29, 1.82) is 0 Å². The molecule has 0 fully saturated rings. The van der Waals surface area contributed by atoms with E-state index in [0.29, 0.717) is 15.2 Å². The smallest absolute Gasteiger partial charge is 0.223 e. The van der Waals surface area contributed by atoms with E-state index in [1.54, 1.807) is 6.20 Å². The number of carbonyl (C=O) groups excluding carboxylic acids is 1. The van der Waals surface area contributed by atoms with Crippen LogP contribution in [0.5, 0.6) is 0 Å². The van der Waals surface area contributed by atoms with Gasteiger partial charge in [0.15, 0.2) is 5.13 Å². The monoisotopic (exact) mass is 299 g/mol. The van der Waals surface area contributed by atoms with Crippen LogP contribution in [0.2, 0.25) is 0 Å². The molecule has 0 saturated carbocycles. The first-order chi connectivity index (χ1) is 9.08. The van der Waals surface area contributed by atoms with Gasteiger partial charge < -0.3 is 9.73 Å². The summed E-state index contributed by atoms with van der Waals surface area (Å²) in [5, 5.41) is 2.99. The zero-order valence-corrected chi connectivity index (χ0v) is 12.1. The standard InChI is InChI=1S/C11H13N3O3S2/c1-3-8-4-12-9(17-8)6-19(16)10-5-13-11(18-10)14-7(2)15/h4-5H,3,6H2,1-2H3,(H,13,14,15). The van der Waals surface area contributed by atoms with Gasteiger partial charge in [0.25, 0.3) is 0 Å². The molecule has 0 aliphatic carbocycles. The van der Waals surface area contributed by atoms with Crippen LogP contribution in [-0.4, -0.2) is 20.1 Å². The van der Waals surface area contributed by atoms with Crippen LogP contribution in [-0.2, 0) is 27.8 Å². The van der Waals surface area contributed by atoms with Gasteiger partial charge in [0, 0.05) is 13.3 Å². The van der Waals surface area contributed by atoms with Crippen molar-refractivity contribution >= 4 is 33.2 Å². The molecule has 1 N–H and O–H groups in total. The maximum absolute atomic E-state index is 12.1. The van der Waals surface area contributed by atoms with Crippen molar-refractivity contribution in [3.8, 4) is 0 Å². The van der Waals surface area contributed by atoms with Gasteiger partial charge in [-0.15, -0.1) is 0 Å². The number of rotatable bonds is 5. The van der Waals surface area contributed by atoms with Crippen molar-refractivity contribution < 1.29 is 13.4 Å². The average Bonchev–Trinajstić information content (AvgIpc) is 2.97. The van der Waals surface area contributed by atoms with E-state index in [1.165, 1.54) is 24.5 Å². The van der Waals surface area contributed by atoms with E-state index < -0.39 is 10.8 Å². The third kappa shape index (κ3) is 3.71. The molecule has 2 heterocycles. The summed E-state index contributed by atoms with van der Waals surface area (Å²) in [7, 11) is -1.27. The lowest BCUT2D eigenvalue weighted by molar-refractivity contribution is -0.114. The quantitative estimate of drug-likeness (QED) is 0.912. The van der Waals surface area contributed by atoms with E-state index in [-0.39, 0.29) is 11.7 Å². The van der Waals surface area contributed by atoms with Crippen molar-refractivity contribution in [3.05, 3.63) is 24.0 Å². The Kier molecular flexibility index (Phi) is 4.43. The molecule has 1 amide bonds. The zero-order valence-electron chi connectivity index (χ0n) is 10.5. The highest BCUT2D eigenvalue weighted by molar-refractivity contribution is 7.86. The molecule has 0 aliphatic rings. The number of aryl methyl sites for hydroxylation is 1. The molecule has 0 saturated heterocycles. The van der Waals surface area contributed by atoms with Crippen LogP contribution in [0.15, 0.2) is 21.0 Å². The van der Waals surface area contributed by atoms with Crippen LogP contribution in [0.25, 0.3) is 0 Å². The Morgan fingerprint density at radius 1 is 1.47 bits per heavy atom. The van der Waals surface area contributed by atoms with Gasteiger partial charge in [0.05, 0.1) is 23.2 Å². The number of hydrogen-bond donors (Lipinski definition) is 1. The first-order valence-electron chi connectivity index (χ1n) is 5.64. The maximum atomic E-state index is 12.1. The summed E-state index contributed by atoms with van der Waals surface area (Å²) >= 11 is 1.19. The summed E-state index contributed by atoms with van der Waals surface area (Å²) in [5.74, 6) is 1.23. The van der Waals surface area contributed by atoms with Crippen LogP contribution in [0, 0.1) is 0 Å². The number of amides is 1. The Bertz CT molecular complexity index is 606. The first-order valence-corrected chi connectivity index (χ1v) is 7.77. The number of anilines is 1. The lowest BCUT2D eigenvalue weighted by Crippen LogP contribution is -2.04. The molecule has 2 aromatic heterocycles. The molecular formula is C11H13N3O3S2. The molecule has 102 valence electrons. The largest absolute Gasteiger partial charge is 0.445 e. The van der Waals surface area contributed by atoms with E-state index in [9.17, 15) is 9.00 Å². The van der Waals surface area contributed by atoms with Gasteiger partial charge in [0.2, 0.25) is 11.8 Å². The normalized spacial score (nSPS) is 12.3. The number of carbonyl (C=O) groups is 1. The Morgan fingerprint density at radius 3 is 2.89 bits per heavy atom.